The van der Waals surface area contributed by atoms with Gasteiger partial charge in [-0.05, 0) is 0 Å². The summed E-state index contributed by atoms with van der Waals surface area (Å²) in [6.07, 6.45) is 0.400. The van der Waals surface area contributed by atoms with Crippen molar-refractivity contribution in [2.24, 2.45) is 5.92 Å². The predicted octanol–water partition coefficient (Wildman–Crippen LogP) is 0.210. The summed E-state index contributed by atoms with van der Waals surface area (Å²) in [7, 11) is 0. The van der Waals surface area contributed by atoms with E-state index >= 15 is 0 Å². The highest BCUT2D eigenvalue weighted by atomic mass is 16.5. The van der Waals surface area contributed by atoms with Crippen molar-refractivity contribution in [1.29, 1.82) is 5.26 Å². The first kappa shape index (κ1) is 11.0. The minimum absolute atomic E-state index is 0.00649. The Labute approximate surface area is 94.7 Å². The zero-order valence-corrected chi connectivity index (χ0v) is 9.32. The second kappa shape index (κ2) is 4.54. The van der Waals surface area contributed by atoms with E-state index in [1.807, 2.05) is 11.8 Å². The van der Waals surface area contributed by atoms with Gasteiger partial charge in [-0.2, -0.15) is 5.26 Å². The van der Waals surface area contributed by atoms with Crippen molar-refractivity contribution < 1.29 is 9.53 Å². The Morgan fingerprint density at radius 2 is 2.19 bits per heavy atom. The summed E-state index contributed by atoms with van der Waals surface area (Å²) in [5.41, 5.74) is 0.682. The Kier molecular flexibility index (Phi) is 3.11. The quantitative estimate of drug-likeness (QED) is 0.687. The van der Waals surface area contributed by atoms with E-state index in [9.17, 15) is 4.79 Å². The van der Waals surface area contributed by atoms with Crippen LogP contribution in [0.1, 0.15) is 13.3 Å². The maximum atomic E-state index is 11.5. The van der Waals surface area contributed by atoms with Crippen LogP contribution in [0, 0.1) is 17.2 Å². The summed E-state index contributed by atoms with van der Waals surface area (Å²) in [6.45, 7) is 4.66. The van der Waals surface area contributed by atoms with Crippen LogP contribution in [0.3, 0.4) is 0 Å². The lowest BCUT2D eigenvalue weighted by atomic mass is 9.94. The van der Waals surface area contributed by atoms with Crippen molar-refractivity contribution in [2.45, 2.75) is 13.3 Å². The normalized spacial score (nSPS) is 26.4. The fourth-order valence-electron chi connectivity index (χ4n) is 2.06. The molecule has 2 aliphatic heterocycles. The van der Waals surface area contributed by atoms with E-state index in [0.717, 1.165) is 13.1 Å². The van der Waals surface area contributed by atoms with Gasteiger partial charge in [-0.15, -0.1) is 0 Å². The molecule has 2 rings (SSSR count). The summed E-state index contributed by atoms with van der Waals surface area (Å²) < 4.78 is 5.25. The molecule has 16 heavy (non-hydrogen) atoms. The standard InChI is InChI=1S/C11H15N3O2/c1-8-6-10(15)13-11(9(8)7-12)14-2-4-16-5-3-14/h8H,2-6H2,1H3,(H,13,15). The molecule has 1 atom stereocenters. The van der Waals surface area contributed by atoms with E-state index in [1.54, 1.807) is 0 Å². The molecule has 0 aromatic rings. The number of ether oxygens (including phenoxy) is 1. The summed E-state index contributed by atoms with van der Waals surface area (Å²) in [4.78, 5) is 13.5. The highest BCUT2D eigenvalue weighted by Gasteiger charge is 2.28. The molecule has 0 spiro atoms. The smallest absolute Gasteiger partial charge is 0.226 e. The van der Waals surface area contributed by atoms with Crippen molar-refractivity contribution in [2.75, 3.05) is 26.3 Å². The van der Waals surface area contributed by atoms with Crippen molar-refractivity contribution >= 4 is 5.91 Å². The number of nitrogens with one attached hydrogen (secondary N) is 1. The van der Waals surface area contributed by atoms with Gasteiger partial charge < -0.3 is 15.0 Å². The molecule has 1 unspecified atom stereocenters. The summed E-state index contributed by atoms with van der Waals surface area (Å²) in [6, 6.07) is 2.20. The minimum atomic E-state index is -0.00649. The van der Waals surface area contributed by atoms with Crippen molar-refractivity contribution in [3.63, 3.8) is 0 Å². The molecular formula is C11H15N3O2. The maximum absolute atomic E-state index is 11.5. The van der Waals surface area contributed by atoms with Crippen molar-refractivity contribution in [3.8, 4) is 6.07 Å². The number of nitriles is 1. The average Bonchev–Trinajstić information content (AvgIpc) is 2.29. The monoisotopic (exact) mass is 221 g/mol. The lowest BCUT2D eigenvalue weighted by molar-refractivity contribution is -0.122. The van der Waals surface area contributed by atoms with Gasteiger partial charge in [-0.3, -0.25) is 4.79 Å². The van der Waals surface area contributed by atoms with Crippen LogP contribution in [0.15, 0.2) is 11.4 Å². The van der Waals surface area contributed by atoms with Crippen LogP contribution in [0.5, 0.6) is 0 Å². The van der Waals surface area contributed by atoms with Crippen LogP contribution in [-0.2, 0) is 9.53 Å². The molecule has 0 aromatic heterocycles. The molecular weight excluding hydrogens is 206 g/mol. The van der Waals surface area contributed by atoms with Crippen LogP contribution < -0.4 is 5.32 Å². The average molecular weight is 221 g/mol. The van der Waals surface area contributed by atoms with Crippen LogP contribution in [-0.4, -0.2) is 37.1 Å². The Hall–Kier alpha value is -1.54. The fourth-order valence-corrected chi connectivity index (χ4v) is 2.06. The second-order valence-electron chi connectivity index (χ2n) is 4.13. The number of hydrogen-bond donors (Lipinski definition) is 1. The molecule has 0 bridgehead atoms. The lowest BCUT2D eigenvalue weighted by Gasteiger charge is -2.34. The largest absolute Gasteiger partial charge is 0.378 e. The van der Waals surface area contributed by atoms with Crippen molar-refractivity contribution in [1.82, 2.24) is 10.2 Å². The van der Waals surface area contributed by atoms with Crippen LogP contribution in [0.2, 0.25) is 0 Å². The summed E-state index contributed by atoms with van der Waals surface area (Å²) in [5, 5.41) is 11.9. The van der Waals surface area contributed by atoms with Gasteiger partial charge in [0, 0.05) is 25.4 Å². The third kappa shape index (κ3) is 2.02. The third-order valence-corrected chi connectivity index (χ3v) is 2.95. The van der Waals surface area contributed by atoms with E-state index in [-0.39, 0.29) is 11.8 Å². The summed E-state index contributed by atoms with van der Waals surface area (Å²) in [5.74, 6) is 0.694. The number of hydrogen-bond acceptors (Lipinski definition) is 4. The van der Waals surface area contributed by atoms with Gasteiger partial charge in [-0.1, -0.05) is 6.92 Å². The minimum Gasteiger partial charge on any atom is -0.378 e. The van der Waals surface area contributed by atoms with E-state index in [2.05, 4.69) is 11.4 Å². The molecule has 0 aliphatic carbocycles. The number of amides is 1. The maximum Gasteiger partial charge on any atom is 0.226 e. The molecule has 5 heteroatoms. The molecule has 0 aromatic carbocycles. The Morgan fingerprint density at radius 1 is 1.50 bits per heavy atom. The Morgan fingerprint density at radius 3 is 2.81 bits per heavy atom. The molecule has 0 radical (unpaired) electrons. The highest BCUT2D eigenvalue weighted by Crippen LogP contribution is 2.24. The van der Waals surface area contributed by atoms with Gasteiger partial charge >= 0.3 is 0 Å². The van der Waals surface area contributed by atoms with E-state index < -0.39 is 0 Å². The molecule has 1 saturated heterocycles. The molecule has 1 N–H and O–H groups in total. The molecule has 5 nitrogen and oxygen atoms in total. The molecule has 2 aliphatic rings. The zero-order valence-electron chi connectivity index (χ0n) is 9.32. The topological polar surface area (TPSA) is 65.4 Å². The third-order valence-electron chi connectivity index (χ3n) is 2.95. The number of carbonyl (C=O) groups excluding carboxylic acids is 1. The van der Waals surface area contributed by atoms with Gasteiger partial charge in [0.05, 0.1) is 24.9 Å². The van der Waals surface area contributed by atoms with E-state index in [4.69, 9.17) is 10.00 Å². The van der Waals surface area contributed by atoms with E-state index in [1.165, 1.54) is 0 Å². The van der Waals surface area contributed by atoms with Crippen LogP contribution >= 0.6 is 0 Å². The van der Waals surface area contributed by atoms with Crippen molar-refractivity contribution in [3.05, 3.63) is 11.4 Å². The zero-order chi connectivity index (χ0) is 11.5. The Balaban J connectivity index is 2.26. The SMILES string of the molecule is CC1CC(=O)NC(N2CCOCC2)=C1C#N. The molecule has 1 amide bonds. The number of allylic oxidation sites excluding steroid dienone is 1. The summed E-state index contributed by atoms with van der Waals surface area (Å²) >= 11 is 0. The molecule has 0 saturated carbocycles. The highest BCUT2D eigenvalue weighted by molar-refractivity contribution is 5.80. The molecule has 2 heterocycles. The molecule has 86 valence electrons. The second-order valence-corrected chi connectivity index (χ2v) is 4.13. The first-order chi connectivity index (χ1) is 7.72. The number of morpholine rings is 1. The van der Waals surface area contributed by atoms with Crippen LogP contribution in [0.4, 0.5) is 0 Å². The van der Waals surface area contributed by atoms with Gasteiger partial charge in [-0.25, -0.2) is 0 Å². The molecule has 1 fully saturated rings. The predicted molar refractivity (Wildman–Crippen MR) is 57.0 cm³/mol. The number of nitrogens with zero attached hydrogens (tertiary/aromatic N) is 2. The van der Waals surface area contributed by atoms with Gasteiger partial charge in [0.25, 0.3) is 0 Å². The van der Waals surface area contributed by atoms with Gasteiger partial charge in [0.15, 0.2) is 0 Å². The first-order valence-electron chi connectivity index (χ1n) is 5.49. The number of rotatable bonds is 1. The van der Waals surface area contributed by atoms with E-state index in [0.29, 0.717) is 31.0 Å². The Bertz CT molecular complexity index is 364. The first-order valence-corrected chi connectivity index (χ1v) is 5.49. The van der Waals surface area contributed by atoms with Crippen LogP contribution in [0.25, 0.3) is 0 Å². The van der Waals surface area contributed by atoms with Gasteiger partial charge in [0.2, 0.25) is 5.91 Å². The van der Waals surface area contributed by atoms with Gasteiger partial charge in [0.1, 0.15) is 5.82 Å². The lowest BCUT2D eigenvalue weighted by Crippen LogP contribution is -2.45. The number of carbonyl (C=O) groups is 1. The fraction of sp³-hybridized carbons (Fsp3) is 0.636.